The van der Waals surface area contributed by atoms with Crippen LogP contribution in [0.15, 0.2) is 53.4 Å². The lowest BCUT2D eigenvalue weighted by molar-refractivity contribution is -0.124. The Morgan fingerprint density at radius 3 is 2.50 bits per heavy atom. The summed E-state index contributed by atoms with van der Waals surface area (Å²) in [5.74, 6) is -0.402. The average Bonchev–Trinajstić information content (AvgIpc) is 3.17. The second-order valence-electron chi connectivity index (χ2n) is 6.90. The van der Waals surface area contributed by atoms with Crippen LogP contribution in [0, 0.1) is 6.92 Å². The highest BCUT2D eigenvalue weighted by atomic mass is 35.5. The van der Waals surface area contributed by atoms with Gasteiger partial charge in [0.05, 0.1) is 11.0 Å². The van der Waals surface area contributed by atoms with E-state index in [1.54, 1.807) is 48.5 Å². The molecule has 0 aliphatic carbocycles. The van der Waals surface area contributed by atoms with E-state index in [-0.39, 0.29) is 11.4 Å². The molecule has 1 fully saturated rings. The van der Waals surface area contributed by atoms with Gasteiger partial charge in [0.15, 0.2) is 0 Å². The van der Waals surface area contributed by atoms with E-state index in [4.69, 9.17) is 11.6 Å². The molecule has 6 nitrogen and oxygen atoms in total. The molecule has 2 atom stereocenters. The first-order valence-corrected chi connectivity index (χ1v) is 10.9. The third-order valence-electron chi connectivity index (χ3n) is 4.86. The molecule has 0 aromatic heterocycles. The van der Waals surface area contributed by atoms with Crippen molar-refractivity contribution >= 4 is 27.5 Å². The molecular formula is C20H23ClN2O4S. The van der Waals surface area contributed by atoms with Crippen LogP contribution < -0.4 is 5.32 Å². The van der Waals surface area contributed by atoms with Crippen LogP contribution in [-0.2, 0) is 14.8 Å². The van der Waals surface area contributed by atoms with Gasteiger partial charge in [0, 0.05) is 18.1 Å². The molecule has 150 valence electrons. The molecule has 0 saturated carbocycles. The van der Waals surface area contributed by atoms with Gasteiger partial charge in [-0.3, -0.25) is 4.79 Å². The third kappa shape index (κ3) is 4.55. The second-order valence-corrected chi connectivity index (χ2v) is 9.23. The number of carbonyl (C=O) groups excluding carboxylic acids is 1. The van der Waals surface area contributed by atoms with Crippen LogP contribution in [0.5, 0.6) is 0 Å². The normalized spacial score (nSPS) is 18.8. The SMILES string of the molecule is Cc1ccc(S(=O)(=O)N2CCC[C@@H]2C(=O)NC[C@@H](O)c2ccc(Cl)cc2)cc1. The smallest absolute Gasteiger partial charge is 0.243 e. The average molecular weight is 423 g/mol. The molecule has 1 aliphatic rings. The Kier molecular flexibility index (Phi) is 6.40. The van der Waals surface area contributed by atoms with Crippen molar-refractivity contribution in [2.24, 2.45) is 0 Å². The summed E-state index contributed by atoms with van der Waals surface area (Å²) in [6.07, 6.45) is 0.168. The van der Waals surface area contributed by atoms with Crippen molar-refractivity contribution in [2.75, 3.05) is 13.1 Å². The van der Waals surface area contributed by atoms with Crippen LogP contribution in [0.2, 0.25) is 5.02 Å². The Bertz CT molecular complexity index is 930. The first-order chi connectivity index (χ1) is 13.3. The van der Waals surface area contributed by atoms with Crippen molar-refractivity contribution in [3.8, 4) is 0 Å². The molecule has 2 N–H and O–H groups in total. The number of nitrogens with zero attached hydrogens (tertiary/aromatic N) is 1. The Balaban J connectivity index is 1.67. The number of carbonyl (C=O) groups is 1. The molecule has 2 aromatic carbocycles. The Morgan fingerprint density at radius 2 is 1.86 bits per heavy atom. The number of hydrogen-bond donors (Lipinski definition) is 2. The summed E-state index contributed by atoms with van der Waals surface area (Å²) in [6.45, 7) is 2.18. The summed E-state index contributed by atoms with van der Waals surface area (Å²) >= 11 is 5.83. The third-order valence-corrected chi connectivity index (χ3v) is 7.03. The van der Waals surface area contributed by atoms with Gasteiger partial charge >= 0.3 is 0 Å². The molecule has 0 bridgehead atoms. The van der Waals surface area contributed by atoms with Gasteiger partial charge in [-0.25, -0.2) is 8.42 Å². The Morgan fingerprint density at radius 1 is 1.21 bits per heavy atom. The summed E-state index contributed by atoms with van der Waals surface area (Å²) in [5, 5.41) is 13.5. The summed E-state index contributed by atoms with van der Waals surface area (Å²) in [6, 6.07) is 12.5. The van der Waals surface area contributed by atoms with Crippen LogP contribution >= 0.6 is 11.6 Å². The van der Waals surface area contributed by atoms with Crippen molar-refractivity contribution in [3.05, 3.63) is 64.7 Å². The van der Waals surface area contributed by atoms with Gasteiger partial charge in [0.25, 0.3) is 0 Å². The van der Waals surface area contributed by atoms with Crippen molar-refractivity contribution < 1.29 is 18.3 Å². The maximum Gasteiger partial charge on any atom is 0.243 e. The number of aliphatic hydroxyl groups excluding tert-OH is 1. The van der Waals surface area contributed by atoms with E-state index in [1.165, 1.54) is 4.31 Å². The van der Waals surface area contributed by atoms with Crippen molar-refractivity contribution in [1.29, 1.82) is 0 Å². The lowest BCUT2D eigenvalue weighted by atomic mass is 10.1. The van der Waals surface area contributed by atoms with E-state index in [0.717, 1.165) is 5.56 Å². The zero-order chi connectivity index (χ0) is 20.3. The highest BCUT2D eigenvalue weighted by Gasteiger charge is 2.39. The van der Waals surface area contributed by atoms with Crippen molar-refractivity contribution in [3.63, 3.8) is 0 Å². The molecule has 1 aliphatic heterocycles. The molecule has 1 amide bonds. The quantitative estimate of drug-likeness (QED) is 0.749. The molecule has 1 saturated heterocycles. The molecular weight excluding hydrogens is 400 g/mol. The lowest BCUT2D eigenvalue weighted by Gasteiger charge is -2.24. The minimum absolute atomic E-state index is 0.00458. The number of sulfonamides is 1. The van der Waals surface area contributed by atoms with Crippen LogP contribution in [0.3, 0.4) is 0 Å². The van der Waals surface area contributed by atoms with Crippen LogP contribution in [0.1, 0.15) is 30.1 Å². The van der Waals surface area contributed by atoms with Gasteiger partial charge in [0.2, 0.25) is 15.9 Å². The fourth-order valence-electron chi connectivity index (χ4n) is 3.25. The molecule has 1 heterocycles. The largest absolute Gasteiger partial charge is 0.387 e. The summed E-state index contributed by atoms with van der Waals surface area (Å²) in [5.41, 5.74) is 1.59. The molecule has 0 spiro atoms. The lowest BCUT2D eigenvalue weighted by Crippen LogP contribution is -2.46. The van der Waals surface area contributed by atoms with E-state index >= 15 is 0 Å². The van der Waals surface area contributed by atoms with Crippen LogP contribution in [-0.4, -0.2) is 42.9 Å². The van der Waals surface area contributed by atoms with Gasteiger partial charge < -0.3 is 10.4 Å². The van der Waals surface area contributed by atoms with E-state index in [2.05, 4.69) is 5.32 Å². The summed E-state index contributed by atoms with van der Waals surface area (Å²) in [7, 11) is -3.75. The number of nitrogens with one attached hydrogen (secondary N) is 1. The second kappa shape index (κ2) is 8.61. The van der Waals surface area contributed by atoms with Crippen molar-refractivity contribution in [2.45, 2.75) is 36.8 Å². The van der Waals surface area contributed by atoms with Gasteiger partial charge in [-0.15, -0.1) is 0 Å². The number of halogens is 1. The number of hydrogen-bond acceptors (Lipinski definition) is 4. The number of aliphatic hydroxyl groups is 1. The minimum Gasteiger partial charge on any atom is -0.387 e. The highest BCUT2D eigenvalue weighted by molar-refractivity contribution is 7.89. The van der Waals surface area contributed by atoms with Crippen LogP contribution in [0.4, 0.5) is 0 Å². The topological polar surface area (TPSA) is 86.7 Å². The molecule has 2 aromatic rings. The Labute approximate surface area is 170 Å². The molecule has 3 rings (SSSR count). The molecule has 0 radical (unpaired) electrons. The predicted molar refractivity (Wildman–Crippen MR) is 108 cm³/mol. The maximum absolute atomic E-state index is 12.9. The van der Waals surface area contributed by atoms with Gasteiger partial charge in [-0.05, 0) is 49.6 Å². The van der Waals surface area contributed by atoms with E-state index < -0.39 is 28.1 Å². The maximum atomic E-state index is 12.9. The minimum atomic E-state index is -3.75. The fraction of sp³-hybridized carbons (Fsp3) is 0.350. The van der Waals surface area contributed by atoms with E-state index in [1.807, 2.05) is 6.92 Å². The van der Waals surface area contributed by atoms with E-state index in [9.17, 15) is 18.3 Å². The van der Waals surface area contributed by atoms with Gasteiger partial charge in [-0.1, -0.05) is 41.4 Å². The summed E-state index contributed by atoms with van der Waals surface area (Å²) < 4.78 is 27.1. The zero-order valence-corrected chi connectivity index (χ0v) is 17.1. The van der Waals surface area contributed by atoms with Gasteiger partial charge in [0.1, 0.15) is 6.04 Å². The van der Waals surface area contributed by atoms with E-state index in [0.29, 0.717) is 30.0 Å². The number of amides is 1. The van der Waals surface area contributed by atoms with Crippen LogP contribution in [0.25, 0.3) is 0 Å². The molecule has 28 heavy (non-hydrogen) atoms. The number of aryl methyl sites for hydroxylation is 1. The summed E-state index contributed by atoms with van der Waals surface area (Å²) in [4.78, 5) is 12.8. The number of benzene rings is 2. The molecule has 0 unspecified atom stereocenters. The monoisotopic (exact) mass is 422 g/mol. The Hall–Kier alpha value is -1.93. The van der Waals surface area contributed by atoms with Gasteiger partial charge in [-0.2, -0.15) is 4.31 Å². The molecule has 8 heteroatoms. The first kappa shape index (κ1) is 20.8. The standard InChI is InChI=1S/C20H23ClN2O4S/c1-14-4-10-17(11-5-14)28(26,27)23-12-2-3-18(23)20(25)22-13-19(24)15-6-8-16(21)9-7-15/h4-11,18-19,24H,2-3,12-13H2,1H3,(H,22,25)/t18-,19-/m1/s1. The highest BCUT2D eigenvalue weighted by Crippen LogP contribution is 2.26. The predicted octanol–water partition coefficient (Wildman–Crippen LogP) is 2.65. The fourth-order valence-corrected chi connectivity index (χ4v) is 5.04. The number of rotatable bonds is 6. The zero-order valence-electron chi connectivity index (χ0n) is 15.5. The van der Waals surface area contributed by atoms with Crippen molar-refractivity contribution in [1.82, 2.24) is 9.62 Å². The first-order valence-electron chi connectivity index (χ1n) is 9.09.